The normalized spacial score (nSPS) is 16.3. The second kappa shape index (κ2) is 9.07. The number of H-pyrrole nitrogens is 2. The number of pyridine rings is 1. The van der Waals surface area contributed by atoms with Gasteiger partial charge in [0, 0.05) is 37.5 Å². The van der Waals surface area contributed by atoms with E-state index in [0.717, 1.165) is 6.07 Å². The SMILES string of the molecule is O=c1[nH]nc(C2(Cc3cccc(Nc4cc[nH]n4)n3)CCN(S(=O)(=O)c3ccccc3F)CC2)o1. The van der Waals surface area contributed by atoms with Crippen LogP contribution >= 0.6 is 0 Å². The molecule has 13 heteroatoms. The van der Waals surface area contributed by atoms with Gasteiger partial charge in [0.15, 0.2) is 5.82 Å². The lowest BCUT2D eigenvalue weighted by Crippen LogP contribution is -2.46. The summed E-state index contributed by atoms with van der Waals surface area (Å²) >= 11 is 0. The van der Waals surface area contributed by atoms with Gasteiger partial charge in [-0.25, -0.2) is 27.7 Å². The fraction of sp³-hybridized carbons (Fsp3) is 0.273. The molecule has 1 saturated heterocycles. The predicted molar refractivity (Wildman–Crippen MR) is 123 cm³/mol. The lowest BCUT2D eigenvalue weighted by molar-refractivity contribution is 0.190. The van der Waals surface area contributed by atoms with Gasteiger partial charge in [0.2, 0.25) is 15.9 Å². The molecule has 0 spiro atoms. The van der Waals surface area contributed by atoms with Crippen molar-refractivity contribution in [3.63, 3.8) is 0 Å². The first kappa shape index (κ1) is 22.9. The van der Waals surface area contributed by atoms with Gasteiger partial charge in [0.05, 0.1) is 5.41 Å². The van der Waals surface area contributed by atoms with Crippen LogP contribution in [0.25, 0.3) is 0 Å². The molecule has 0 saturated carbocycles. The number of piperidine rings is 1. The van der Waals surface area contributed by atoms with E-state index in [9.17, 15) is 17.6 Å². The highest BCUT2D eigenvalue weighted by Crippen LogP contribution is 2.39. The second-order valence-electron chi connectivity index (χ2n) is 8.31. The lowest BCUT2D eigenvalue weighted by atomic mass is 9.75. The minimum absolute atomic E-state index is 0.0957. The number of hydrogen-bond donors (Lipinski definition) is 3. The van der Waals surface area contributed by atoms with Crippen molar-refractivity contribution in [2.75, 3.05) is 18.4 Å². The van der Waals surface area contributed by atoms with Gasteiger partial charge in [-0.3, -0.25) is 5.10 Å². The maximum Gasteiger partial charge on any atom is 0.434 e. The van der Waals surface area contributed by atoms with Crippen LogP contribution in [-0.2, 0) is 21.9 Å². The van der Waals surface area contributed by atoms with Gasteiger partial charge < -0.3 is 9.73 Å². The molecule has 182 valence electrons. The fourth-order valence-electron chi connectivity index (χ4n) is 4.33. The molecule has 3 aromatic heterocycles. The van der Waals surface area contributed by atoms with Gasteiger partial charge in [-0.1, -0.05) is 18.2 Å². The van der Waals surface area contributed by atoms with E-state index in [0.29, 0.717) is 36.6 Å². The maximum absolute atomic E-state index is 14.2. The average Bonchev–Trinajstić information content (AvgIpc) is 3.52. The molecular formula is C22H22FN7O4S. The monoisotopic (exact) mass is 499 g/mol. The third-order valence-corrected chi connectivity index (χ3v) is 8.04. The summed E-state index contributed by atoms with van der Waals surface area (Å²) in [5, 5.41) is 16.2. The second-order valence-corrected chi connectivity index (χ2v) is 10.2. The van der Waals surface area contributed by atoms with E-state index in [2.05, 4.69) is 30.7 Å². The molecule has 1 fully saturated rings. The maximum atomic E-state index is 14.2. The standard InChI is InChI=1S/C22H22FN7O4S/c23-16-5-1-2-6-17(16)35(32,33)30-12-9-22(10-13-30,20-28-29-21(31)34-20)14-15-4-3-7-18(25-15)26-19-8-11-24-27-19/h1-8,11H,9-10,12-14H2,(H,29,31)(H2,24,25,26,27). The minimum Gasteiger partial charge on any atom is -0.392 e. The molecule has 0 radical (unpaired) electrons. The van der Waals surface area contributed by atoms with Gasteiger partial charge in [-0.05, 0) is 37.1 Å². The Kier molecular flexibility index (Phi) is 5.94. The molecule has 35 heavy (non-hydrogen) atoms. The number of hydrogen-bond acceptors (Lipinski definition) is 8. The number of benzene rings is 1. The van der Waals surface area contributed by atoms with E-state index in [1.165, 1.54) is 22.5 Å². The van der Waals surface area contributed by atoms with Crippen molar-refractivity contribution in [1.82, 2.24) is 29.7 Å². The zero-order valence-electron chi connectivity index (χ0n) is 18.4. The number of anilines is 2. The summed E-state index contributed by atoms with van der Waals surface area (Å²) in [6, 6.07) is 12.5. The molecule has 0 unspecified atom stereocenters. The van der Waals surface area contributed by atoms with Crippen molar-refractivity contribution in [1.29, 1.82) is 0 Å². The third kappa shape index (κ3) is 4.59. The first-order chi connectivity index (χ1) is 16.9. The third-order valence-electron chi connectivity index (χ3n) is 6.11. The Morgan fingerprint density at radius 1 is 1.06 bits per heavy atom. The van der Waals surface area contributed by atoms with E-state index >= 15 is 0 Å². The molecule has 0 bridgehead atoms. The molecule has 11 nitrogen and oxygen atoms in total. The average molecular weight is 500 g/mol. The number of nitrogens with one attached hydrogen (secondary N) is 3. The van der Waals surface area contributed by atoms with Crippen LogP contribution in [-0.4, -0.2) is 51.2 Å². The van der Waals surface area contributed by atoms with E-state index in [1.54, 1.807) is 18.3 Å². The van der Waals surface area contributed by atoms with Crippen LogP contribution in [0.5, 0.6) is 0 Å². The highest BCUT2D eigenvalue weighted by molar-refractivity contribution is 7.89. The van der Waals surface area contributed by atoms with Crippen molar-refractivity contribution < 1.29 is 17.2 Å². The van der Waals surface area contributed by atoms with Gasteiger partial charge in [0.1, 0.15) is 16.5 Å². The largest absolute Gasteiger partial charge is 0.434 e. The molecule has 1 aromatic carbocycles. The number of halogens is 1. The van der Waals surface area contributed by atoms with E-state index in [-0.39, 0.29) is 23.9 Å². The van der Waals surface area contributed by atoms with Crippen molar-refractivity contribution >= 4 is 21.7 Å². The van der Waals surface area contributed by atoms with Crippen LogP contribution in [0.4, 0.5) is 16.0 Å². The fourth-order valence-corrected chi connectivity index (χ4v) is 5.83. The van der Waals surface area contributed by atoms with Crippen molar-refractivity contribution in [3.8, 4) is 0 Å². The summed E-state index contributed by atoms with van der Waals surface area (Å²) in [7, 11) is -4.03. The van der Waals surface area contributed by atoms with E-state index < -0.39 is 27.0 Å². The predicted octanol–water partition coefficient (Wildman–Crippen LogP) is 2.33. The first-order valence-corrected chi connectivity index (χ1v) is 12.3. The zero-order valence-corrected chi connectivity index (χ0v) is 19.3. The number of aromatic amines is 2. The Hall–Kier alpha value is -3.84. The number of nitrogens with zero attached hydrogens (tertiary/aromatic N) is 4. The van der Waals surface area contributed by atoms with Crippen molar-refractivity contribution in [3.05, 3.63) is 82.7 Å². The highest BCUT2D eigenvalue weighted by atomic mass is 32.2. The Bertz CT molecular complexity index is 1480. The molecule has 0 atom stereocenters. The highest BCUT2D eigenvalue weighted by Gasteiger charge is 2.44. The Balaban J connectivity index is 1.41. The van der Waals surface area contributed by atoms with E-state index in [1.807, 2.05) is 12.1 Å². The zero-order chi connectivity index (χ0) is 24.5. The molecular weight excluding hydrogens is 477 g/mol. The number of rotatable bonds is 7. The van der Waals surface area contributed by atoms with Gasteiger partial charge in [-0.2, -0.15) is 9.40 Å². The molecule has 1 aliphatic heterocycles. The first-order valence-electron chi connectivity index (χ1n) is 10.9. The summed E-state index contributed by atoms with van der Waals surface area (Å²) in [5.74, 6) is -0.115. The summed E-state index contributed by atoms with van der Waals surface area (Å²) in [6.07, 6.45) is 2.63. The quantitative estimate of drug-likeness (QED) is 0.351. The van der Waals surface area contributed by atoms with Crippen LogP contribution < -0.4 is 11.1 Å². The summed E-state index contributed by atoms with van der Waals surface area (Å²) in [6.45, 7) is 0.191. The Labute approximate surface area is 199 Å². The van der Waals surface area contributed by atoms with Crippen molar-refractivity contribution in [2.24, 2.45) is 0 Å². The minimum atomic E-state index is -4.03. The number of aromatic nitrogens is 5. The molecule has 5 rings (SSSR count). The van der Waals surface area contributed by atoms with Crippen LogP contribution in [0.1, 0.15) is 24.4 Å². The van der Waals surface area contributed by atoms with Crippen molar-refractivity contribution in [2.45, 2.75) is 29.6 Å². The van der Waals surface area contributed by atoms with Gasteiger partial charge >= 0.3 is 5.76 Å². The number of sulfonamides is 1. The molecule has 0 aliphatic carbocycles. The van der Waals surface area contributed by atoms with Gasteiger partial charge in [0.25, 0.3) is 0 Å². The summed E-state index contributed by atoms with van der Waals surface area (Å²) in [4.78, 5) is 16.0. The van der Waals surface area contributed by atoms with Gasteiger partial charge in [-0.15, -0.1) is 5.10 Å². The van der Waals surface area contributed by atoms with Crippen LogP contribution in [0, 0.1) is 5.82 Å². The summed E-state index contributed by atoms with van der Waals surface area (Å²) < 4.78 is 47.0. The van der Waals surface area contributed by atoms with Crippen LogP contribution in [0.2, 0.25) is 0 Å². The van der Waals surface area contributed by atoms with Crippen LogP contribution in [0.15, 0.2) is 68.8 Å². The summed E-state index contributed by atoms with van der Waals surface area (Å²) in [5.41, 5.74) is -0.0835. The molecule has 1 aliphatic rings. The van der Waals surface area contributed by atoms with E-state index in [4.69, 9.17) is 4.42 Å². The Morgan fingerprint density at radius 3 is 2.54 bits per heavy atom. The molecule has 4 aromatic rings. The smallest absolute Gasteiger partial charge is 0.392 e. The topological polar surface area (TPSA) is 150 Å². The molecule has 0 amide bonds. The Morgan fingerprint density at radius 2 is 1.86 bits per heavy atom. The lowest BCUT2D eigenvalue weighted by Gasteiger charge is -2.38. The molecule has 3 N–H and O–H groups in total. The molecule has 4 heterocycles. The van der Waals surface area contributed by atoms with Crippen LogP contribution in [0.3, 0.4) is 0 Å².